The van der Waals surface area contributed by atoms with Crippen LogP contribution in [-0.4, -0.2) is 48.6 Å². The molecule has 1 aromatic carbocycles. The Morgan fingerprint density at radius 3 is 2.68 bits per heavy atom. The van der Waals surface area contributed by atoms with Crippen molar-refractivity contribution in [3.63, 3.8) is 0 Å². The van der Waals surface area contributed by atoms with Crippen molar-refractivity contribution in [2.45, 2.75) is 6.10 Å². The fourth-order valence-corrected chi connectivity index (χ4v) is 1.96. The van der Waals surface area contributed by atoms with E-state index in [-0.39, 0.29) is 6.54 Å². The molecule has 4 N–H and O–H groups in total. The van der Waals surface area contributed by atoms with Crippen LogP contribution in [0.3, 0.4) is 0 Å². The maximum atomic E-state index is 12.3. The summed E-state index contributed by atoms with van der Waals surface area (Å²) in [6, 6.07) is 8.93. The number of aliphatic hydroxyl groups is 1. The molecule has 0 unspecified atom stereocenters. The van der Waals surface area contributed by atoms with Gasteiger partial charge in [-0.3, -0.25) is 9.59 Å². The Kier molecular flexibility index (Phi) is 4.57. The van der Waals surface area contributed by atoms with E-state index in [0.717, 1.165) is 0 Å². The molecular weight excluding hydrogens is 284 g/mol. The van der Waals surface area contributed by atoms with E-state index in [9.17, 15) is 14.7 Å². The molecule has 7 heteroatoms. The number of anilines is 1. The van der Waals surface area contributed by atoms with Crippen LogP contribution in [0.1, 0.15) is 10.4 Å². The van der Waals surface area contributed by atoms with Gasteiger partial charge in [-0.15, -0.1) is 0 Å². The maximum Gasteiger partial charge on any atom is 0.252 e. The quantitative estimate of drug-likeness (QED) is 0.713. The Balaban J connectivity index is 2.36. The van der Waals surface area contributed by atoms with Gasteiger partial charge in [-0.05, 0) is 12.1 Å². The highest BCUT2D eigenvalue weighted by Gasteiger charge is 2.16. The number of hydrogen-bond acceptors (Lipinski definition) is 5. The number of nitrogens with zero attached hydrogens (tertiary/aromatic N) is 2. The van der Waals surface area contributed by atoms with Crippen LogP contribution < -0.4 is 16.0 Å². The average molecular weight is 302 g/mol. The van der Waals surface area contributed by atoms with Crippen molar-refractivity contribution in [2.24, 2.45) is 5.73 Å². The molecule has 0 aliphatic heterocycles. The minimum Gasteiger partial charge on any atom is -0.381 e. The summed E-state index contributed by atoms with van der Waals surface area (Å²) in [4.78, 5) is 29.4. The molecule has 0 aliphatic carbocycles. The molecule has 1 atom stereocenters. The molecule has 0 saturated heterocycles. The van der Waals surface area contributed by atoms with E-state index in [0.29, 0.717) is 22.3 Å². The molecule has 0 aliphatic rings. The summed E-state index contributed by atoms with van der Waals surface area (Å²) in [5.41, 5.74) is 6.07. The van der Waals surface area contributed by atoms with Crippen molar-refractivity contribution in [3.05, 3.63) is 35.9 Å². The molecule has 0 bridgehead atoms. The summed E-state index contributed by atoms with van der Waals surface area (Å²) in [5, 5.41) is 12.6. The number of hydrogen-bond donors (Lipinski definition) is 3. The lowest BCUT2D eigenvalue weighted by Crippen LogP contribution is -2.40. The van der Waals surface area contributed by atoms with Crippen LogP contribution in [0, 0.1) is 0 Å². The maximum absolute atomic E-state index is 12.3. The summed E-state index contributed by atoms with van der Waals surface area (Å²) in [6.07, 6.45) is -1.41. The summed E-state index contributed by atoms with van der Waals surface area (Å²) in [7, 11) is 3.66. The van der Waals surface area contributed by atoms with Gasteiger partial charge in [0.1, 0.15) is 11.9 Å². The van der Waals surface area contributed by atoms with Crippen molar-refractivity contribution in [1.29, 1.82) is 0 Å². The lowest BCUT2D eigenvalue weighted by molar-refractivity contribution is -0.125. The van der Waals surface area contributed by atoms with E-state index < -0.39 is 17.9 Å². The van der Waals surface area contributed by atoms with Gasteiger partial charge < -0.3 is 21.1 Å². The highest BCUT2D eigenvalue weighted by molar-refractivity contribution is 6.07. The van der Waals surface area contributed by atoms with Gasteiger partial charge in [-0.25, -0.2) is 4.98 Å². The monoisotopic (exact) mass is 302 g/mol. The lowest BCUT2D eigenvalue weighted by Gasteiger charge is -2.15. The largest absolute Gasteiger partial charge is 0.381 e. The van der Waals surface area contributed by atoms with Gasteiger partial charge in [0.25, 0.3) is 5.91 Å². The number of aliphatic hydroxyl groups excluding tert-OH is 1. The van der Waals surface area contributed by atoms with E-state index in [1.165, 1.54) is 0 Å². The second-order valence-electron chi connectivity index (χ2n) is 5.07. The summed E-state index contributed by atoms with van der Waals surface area (Å²) >= 11 is 0. The zero-order valence-electron chi connectivity index (χ0n) is 12.4. The number of carbonyl (C=O) groups excluding carboxylic acids is 2. The minimum atomic E-state index is -1.41. The molecular formula is C15H18N4O3. The molecule has 1 heterocycles. The Labute approximate surface area is 127 Å². The number of rotatable bonds is 5. The molecule has 1 aromatic heterocycles. The Hall–Kier alpha value is -2.67. The number of aromatic nitrogens is 1. The number of para-hydroxylation sites is 1. The van der Waals surface area contributed by atoms with E-state index in [2.05, 4.69) is 10.3 Å². The second kappa shape index (κ2) is 6.40. The first kappa shape index (κ1) is 15.7. The third-order valence-electron chi connectivity index (χ3n) is 3.19. The third kappa shape index (κ3) is 3.32. The highest BCUT2D eigenvalue weighted by Crippen LogP contribution is 2.22. The fourth-order valence-electron chi connectivity index (χ4n) is 1.96. The van der Waals surface area contributed by atoms with E-state index in [4.69, 9.17) is 5.73 Å². The van der Waals surface area contributed by atoms with E-state index in [1.807, 2.05) is 32.3 Å². The first-order chi connectivity index (χ1) is 10.4. The van der Waals surface area contributed by atoms with Crippen LogP contribution in [0.5, 0.6) is 0 Å². The van der Waals surface area contributed by atoms with Gasteiger partial charge in [0, 0.05) is 19.5 Å². The number of carbonyl (C=O) groups is 2. The molecule has 0 fully saturated rings. The van der Waals surface area contributed by atoms with Gasteiger partial charge >= 0.3 is 0 Å². The molecule has 0 saturated carbocycles. The number of nitrogens with two attached hydrogens (primary N) is 1. The number of pyridine rings is 1. The van der Waals surface area contributed by atoms with Gasteiger partial charge in [-0.1, -0.05) is 18.2 Å². The molecule has 0 radical (unpaired) electrons. The van der Waals surface area contributed by atoms with Crippen LogP contribution in [0.4, 0.5) is 5.82 Å². The number of benzene rings is 1. The first-order valence-corrected chi connectivity index (χ1v) is 6.73. The lowest BCUT2D eigenvalue weighted by atomic mass is 10.1. The molecule has 7 nitrogen and oxygen atoms in total. The van der Waals surface area contributed by atoms with Crippen molar-refractivity contribution < 1.29 is 14.7 Å². The molecule has 2 rings (SSSR count). The van der Waals surface area contributed by atoms with E-state index in [1.54, 1.807) is 17.0 Å². The van der Waals surface area contributed by atoms with Crippen LogP contribution in [0.2, 0.25) is 0 Å². The molecule has 2 aromatic rings. The van der Waals surface area contributed by atoms with Crippen molar-refractivity contribution in [3.8, 4) is 0 Å². The van der Waals surface area contributed by atoms with Crippen LogP contribution in [0.25, 0.3) is 10.9 Å². The highest BCUT2D eigenvalue weighted by atomic mass is 16.3. The van der Waals surface area contributed by atoms with Gasteiger partial charge in [-0.2, -0.15) is 0 Å². The molecule has 2 amide bonds. The zero-order valence-corrected chi connectivity index (χ0v) is 12.4. The Morgan fingerprint density at radius 2 is 2.05 bits per heavy atom. The Morgan fingerprint density at radius 1 is 1.36 bits per heavy atom. The summed E-state index contributed by atoms with van der Waals surface area (Å²) in [6.45, 7) is -0.234. The predicted octanol–water partition coefficient (Wildman–Crippen LogP) is -0.123. The van der Waals surface area contributed by atoms with Crippen LogP contribution in [0.15, 0.2) is 30.3 Å². The molecule has 22 heavy (non-hydrogen) atoms. The average Bonchev–Trinajstić information content (AvgIpc) is 2.50. The third-order valence-corrected chi connectivity index (χ3v) is 3.19. The number of fused-ring (bicyclic) bond motifs is 1. The Bertz CT molecular complexity index is 715. The molecule has 0 spiro atoms. The van der Waals surface area contributed by atoms with Gasteiger partial charge in [0.05, 0.1) is 17.6 Å². The number of nitrogens with one attached hydrogen (secondary N) is 1. The smallest absolute Gasteiger partial charge is 0.252 e. The topological polar surface area (TPSA) is 109 Å². The standard InChI is InChI=1S/C15H18N4O3/c1-19(2)13-7-10(9-5-3-4-6-11(9)18-13)15(22)17-8-12(20)14(16)21/h3-7,12,20H,8H2,1-2H3,(H2,16,21)(H,17,22)/t12-/m0/s1. The first-order valence-electron chi connectivity index (χ1n) is 6.73. The summed E-state index contributed by atoms with van der Waals surface area (Å²) < 4.78 is 0. The summed E-state index contributed by atoms with van der Waals surface area (Å²) in [5.74, 6) is -0.643. The van der Waals surface area contributed by atoms with Crippen LogP contribution in [-0.2, 0) is 4.79 Å². The number of primary amides is 1. The van der Waals surface area contributed by atoms with Gasteiger partial charge in [0.15, 0.2) is 0 Å². The second-order valence-corrected chi connectivity index (χ2v) is 5.07. The predicted molar refractivity (Wildman–Crippen MR) is 83.6 cm³/mol. The van der Waals surface area contributed by atoms with E-state index >= 15 is 0 Å². The van der Waals surface area contributed by atoms with Crippen LogP contribution >= 0.6 is 0 Å². The minimum absolute atomic E-state index is 0.234. The van der Waals surface area contributed by atoms with Crippen molar-refractivity contribution in [2.75, 3.05) is 25.5 Å². The van der Waals surface area contributed by atoms with Crippen molar-refractivity contribution >= 4 is 28.5 Å². The number of amides is 2. The SMILES string of the molecule is CN(C)c1cc(C(=O)NC[C@H](O)C(N)=O)c2ccccc2n1. The zero-order chi connectivity index (χ0) is 16.3. The van der Waals surface area contributed by atoms with Crippen molar-refractivity contribution in [1.82, 2.24) is 10.3 Å². The van der Waals surface area contributed by atoms with Gasteiger partial charge in [0.2, 0.25) is 5.91 Å². The molecule has 116 valence electrons. The fraction of sp³-hybridized carbons (Fsp3) is 0.267. The normalized spacial score (nSPS) is 12.0.